The number of aliphatic carboxylic acids is 1. The molecule has 1 N–H and O–H groups in total. The largest absolute Gasteiger partial charge is 0.478 e. The summed E-state index contributed by atoms with van der Waals surface area (Å²) in [5.41, 5.74) is 0.600. The molecule has 0 aliphatic heterocycles. The second-order valence-corrected chi connectivity index (χ2v) is 4.34. The average Bonchev–Trinajstić information content (AvgIpc) is 2.42. The van der Waals surface area contributed by atoms with Crippen molar-refractivity contribution in [2.75, 3.05) is 32.2 Å². The Morgan fingerprint density at radius 3 is 2.85 bits per heavy atom. The highest BCUT2D eigenvalue weighted by atomic mass is 16.5. The molecule has 7 heteroatoms. The zero-order valence-corrected chi connectivity index (χ0v) is 11.9. The minimum Gasteiger partial charge on any atom is -0.478 e. The predicted molar refractivity (Wildman–Crippen MR) is 75.0 cm³/mol. The monoisotopic (exact) mass is 281 g/mol. The lowest BCUT2D eigenvalue weighted by atomic mass is 10.3. The van der Waals surface area contributed by atoms with Gasteiger partial charge in [0.1, 0.15) is 0 Å². The van der Waals surface area contributed by atoms with E-state index in [2.05, 4.69) is 5.10 Å². The first-order valence-corrected chi connectivity index (χ1v) is 6.13. The molecular formula is C13H19N3O4. The molecule has 0 amide bonds. The minimum atomic E-state index is -1.01. The molecule has 1 aromatic rings. The number of anilines is 1. The molecule has 1 aromatic heterocycles. The molecule has 0 aromatic carbocycles. The quantitative estimate of drug-likeness (QED) is 0.726. The van der Waals surface area contributed by atoms with Gasteiger partial charge in [0.2, 0.25) is 0 Å². The summed E-state index contributed by atoms with van der Waals surface area (Å²) in [5.74, 6) is -1.01. The van der Waals surface area contributed by atoms with Crippen LogP contribution in [0.5, 0.6) is 0 Å². The molecule has 0 atom stereocenters. The number of hydrogen-bond acceptors (Lipinski definition) is 5. The number of methoxy groups -OCH3 is 1. The summed E-state index contributed by atoms with van der Waals surface area (Å²) in [6, 6.07) is 1.46. The normalized spacial score (nSPS) is 11.4. The fraction of sp³-hybridized carbons (Fsp3) is 0.462. The van der Waals surface area contributed by atoms with E-state index in [4.69, 9.17) is 9.84 Å². The van der Waals surface area contributed by atoms with Gasteiger partial charge in [0, 0.05) is 32.3 Å². The van der Waals surface area contributed by atoms with Gasteiger partial charge < -0.3 is 14.7 Å². The number of allylic oxidation sites excluding steroid dienone is 1. The highest BCUT2D eigenvalue weighted by Gasteiger charge is 2.05. The summed E-state index contributed by atoms with van der Waals surface area (Å²) in [6.45, 7) is 2.82. The summed E-state index contributed by atoms with van der Waals surface area (Å²) >= 11 is 0. The Morgan fingerprint density at radius 1 is 1.60 bits per heavy atom. The van der Waals surface area contributed by atoms with E-state index in [1.165, 1.54) is 23.7 Å². The Morgan fingerprint density at radius 2 is 2.30 bits per heavy atom. The van der Waals surface area contributed by atoms with Crippen LogP contribution in [0.1, 0.15) is 6.92 Å². The van der Waals surface area contributed by atoms with E-state index in [1.54, 1.807) is 13.3 Å². The molecule has 0 radical (unpaired) electrons. The van der Waals surface area contributed by atoms with E-state index >= 15 is 0 Å². The van der Waals surface area contributed by atoms with Crippen LogP contribution in [0, 0.1) is 0 Å². The summed E-state index contributed by atoms with van der Waals surface area (Å²) in [6.07, 6.45) is 3.02. The zero-order valence-electron chi connectivity index (χ0n) is 11.9. The molecule has 1 rings (SSSR count). The molecule has 0 saturated carbocycles. The van der Waals surface area contributed by atoms with Gasteiger partial charge in [-0.3, -0.25) is 4.79 Å². The third kappa shape index (κ3) is 4.51. The third-order valence-corrected chi connectivity index (χ3v) is 2.83. The maximum atomic E-state index is 11.9. The standard InChI is InChI=1S/C13H19N3O4/c1-10(13(18)19)4-5-16-12(17)8-11(9-14-16)15(2)6-7-20-3/h4,8-9H,5-7H2,1-3H3,(H,18,19)/b10-4-. The first-order chi connectivity index (χ1) is 9.45. The van der Waals surface area contributed by atoms with E-state index in [-0.39, 0.29) is 17.7 Å². The summed E-state index contributed by atoms with van der Waals surface area (Å²) in [7, 11) is 3.45. The smallest absolute Gasteiger partial charge is 0.331 e. The molecule has 7 nitrogen and oxygen atoms in total. The number of carboxylic acid groups (broad SMARTS) is 1. The van der Waals surface area contributed by atoms with Gasteiger partial charge >= 0.3 is 5.97 Å². The van der Waals surface area contributed by atoms with Crippen molar-refractivity contribution < 1.29 is 14.6 Å². The van der Waals surface area contributed by atoms with Gasteiger partial charge in [0.25, 0.3) is 5.56 Å². The van der Waals surface area contributed by atoms with E-state index in [9.17, 15) is 9.59 Å². The molecule has 0 bridgehead atoms. The van der Waals surface area contributed by atoms with Gasteiger partial charge in [0.05, 0.1) is 25.0 Å². The zero-order chi connectivity index (χ0) is 15.1. The van der Waals surface area contributed by atoms with Crippen LogP contribution in [-0.2, 0) is 16.1 Å². The lowest BCUT2D eigenvalue weighted by Gasteiger charge is -2.18. The molecule has 0 unspecified atom stereocenters. The van der Waals surface area contributed by atoms with Crippen molar-refractivity contribution in [3.63, 3.8) is 0 Å². The second-order valence-electron chi connectivity index (χ2n) is 4.34. The molecule has 0 spiro atoms. The fourth-order valence-electron chi connectivity index (χ4n) is 1.44. The number of likely N-dealkylation sites (N-methyl/N-ethyl adjacent to an activating group) is 1. The predicted octanol–water partition coefficient (Wildman–Crippen LogP) is 0.357. The maximum absolute atomic E-state index is 11.9. The van der Waals surface area contributed by atoms with Gasteiger partial charge in [-0.2, -0.15) is 5.10 Å². The number of ether oxygens (including phenoxy) is 1. The van der Waals surface area contributed by atoms with Gasteiger partial charge in [0.15, 0.2) is 0 Å². The molecule has 1 heterocycles. The fourth-order valence-corrected chi connectivity index (χ4v) is 1.44. The summed E-state index contributed by atoms with van der Waals surface area (Å²) in [5, 5.41) is 12.8. The van der Waals surface area contributed by atoms with Crippen LogP contribution in [0.15, 0.2) is 28.7 Å². The van der Waals surface area contributed by atoms with Crippen molar-refractivity contribution >= 4 is 11.7 Å². The Hall–Kier alpha value is -2.15. The molecule has 0 aliphatic carbocycles. The highest BCUT2D eigenvalue weighted by Crippen LogP contribution is 2.06. The molecule has 0 fully saturated rings. The van der Waals surface area contributed by atoms with Crippen molar-refractivity contribution in [2.24, 2.45) is 0 Å². The van der Waals surface area contributed by atoms with Crippen LogP contribution < -0.4 is 10.5 Å². The lowest BCUT2D eigenvalue weighted by Crippen LogP contribution is -2.27. The number of aromatic nitrogens is 2. The molecule has 110 valence electrons. The molecule has 20 heavy (non-hydrogen) atoms. The van der Waals surface area contributed by atoms with Crippen LogP contribution in [0.2, 0.25) is 0 Å². The van der Waals surface area contributed by atoms with Crippen LogP contribution in [-0.4, -0.2) is 48.2 Å². The van der Waals surface area contributed by atoms with E-state index in [0.29, 0.717) is 18.8 Å². The van der Waals surface area contributed by atoms with Crippen molar-refractivity contribution in [3.05, 3.63) is 34.3 Å². The summed E-state index contributed by atoms with van der Waals surface area (Å²) in [4.78, 5) is 24.4. The topological polar surface area (TPSA) is 84.7 Å². The molecule has 0 aliphatic rings. The van der Waals surface area contributed by atoms with Gasteiger partial charge in [-0.15, -0.1) is 0 Å². The highest BCUT2D eigenvalue weighted by molar-refractivity contribution is 5.85. The van der Waals surface area contributed by atoms with Crippen LogP contribution >= 0.6 is 0 Å². The number of rotatable bonds is 7. The third-order valence-electron chi connectivity index (χ3n) is 2.83. The maximum Gasteiger partial charge on any atom is 0.331 e. The van der Waals surface area contributed by atoms with Crippen molar-refractivity contribution in [2.45, 2.75) is 13.5 Å². The first kappa shape index (κ1) is 15.9. The van der Waals surface area contributed by atoms with Crippen LogP contribution in [0.3, 0.4) is 0 Å². The Balaban J connectivity index is 2.81. The van der Waals surface area contributed by atoms with E-state index in [0.717, 1.165) is 0 Å². The Labute approximate surface area is 117 Å². The average molecular weight is 281 g/mol. The van der Waals surface area contributed by atoms with Crippen molar-refractivity contribution in [3.8, 4) is 0 Å². The number of carboxylic acids is 1. The number of nitrogens with zero attached hydrogens (tertiary/aromatic N) is 3. The van der Waals surface area contributed by atoms with Crippen LogP contribution in [0.25, 0.3) is 0 Å². The number of hydrogen-bond donors (Lipinski definition) is 1. The van der Waals surface area contributed by atoms with Crippen LogP contribution in [0.4, 0.5) is 5.69 Å². The number of carbonyl (C=O) groups is 1. The molecule has 0 saturated heterocycles. The second kappa shape index (κ2) is 7.44. The Bertz CT molecular complexity index is 551. The summed E-state index contributed by atoms with van der Waals surface area (Å²) < 4.78 is 6.17. The SMILES string of the molecule is COCCN(C)c1cnn(C/C=C(/C)C(=O)O)c(=O)c1. The molecular weight excluding hydrogens is 262 g/mol. The minimum absolute atomic E-state index is 0.138. The van der Waals surface area contributed by atoms with Crippen molar-refractivity contribution in [1.29, 1.82) is 0 Å². The first-order valence-electron chi connectivity index (χ1n) is 6.13. The van der Waals surface area contributed by atoms with Gasteiger partial charge in [-0.05, 0) is 6.92 Å². The van der Waals surface area contributed by atoms with E-state index < -0.39 is 5.97 Å². The lowest BCUT2D eigenvalue weighted by molar-refractivity contribution is -0.132. The van der Waals surface area contributed by atoms with Gasteiger partial charge in [-0.1, -0.05) is 6.08 Å². The Kier molecular flexibility index (Phi) is 5.92. The van der Waals surface area contributed by atoms with Crippen molar-refractivity contribution in [1.82, 2.24) is 9.78 Å². The van der Waals surface area contributed by atoms with E-state index in [1.807, 2.05) is 11.9 Å². The van der Waals surface area contributed by atoms with Gasteiger partial charge in [-0.25, -0.2) is 9.48 Å².